The van der Waals surface area contributed by atoms with Gasteiger partial charge in [-0.05, 0) is 19.9 Å². The summed E-state index contributed by atoms with van der Waals surface area (Å²) < 4.78 is 1.97. The Hall–Kier alpha value is -1.28. The molecule has 0 amide bonds. The minimum absolute atomic E-state index is 0.0837. The third-order valence-electron chi connectivity index (χ3n) is 2.81. The van der Waals surface area contributed by atoms with Gasteiger partial charge in [-0.15, -0.1) is 0 Å². The molecule has 0 unspecified atom stereocenters. The van der Waals surface area contributed by atoms with Gasteiger partial charge in [0.2, 0.25) is 0 Å². The maximum Gasteiger partial charge on any atom is 0.162 e. The van der Waals surface area contributed by atoms with Crippen LogP contribution in [0.2, 0.25) is 5.02 Å². The van der Waals surface area contributed by atoms with Crippen molar-refractivity contribution in [3.05, 3.63) is 34.5 Å². The van der Waals surface area contributed by atoms with Gasteiger partial charge in [-0.3, -0.25) is 4.79 Å². The van der Waals surface area contributed by atoms with Gasteiger partial charge in [0.25, 0.3) is 0 Å². The van der Waals surface area contributed by atoms with Crippen molar-refractivity contribution >= 4 is 28.3 Å². The molecule has 2 aromatic rings. The van der Waals surface area contributed by atoms with Crippen LogP contribution in [0, 0.1) is 6.92 Å². The molecule has 78 valence electrons. The van der Waals surface area contributed by atoms with Crippen molar-refractivity contribution in [2.75, 3.05) is 0 Å². The summed E-state index contributed by atoms with van der Waals surface area (Å²) in [7, 11) is 1.93. The largest absolute Gasteiger partial charge is 0.346 e. The fraction of sp³-hybridized carbons (Fsp3) is 0.250. The van der Waals surface area contributed by atoms with Crippen LogP contribution in [0.25, 0.3) is 10.9 Å². The number of carbonyl (C=O) groups is 1. The Labute approximate surface area is 93.5 Å². The molecule has 2 nitrogen and oxygen atoms in total. The van der Waals surface area contributed by atoms with Crippen LogP contribution < -0.4 is 0 Å². The van der Waals surface area contributed by atoms with Gasteiger partial charge in [0.1, 0.15) is 0 Å². The second-order valence-corrected chi connectivity index (χ2v) is 4.12. The van der Waals surface area contributed by atoms with E-state index in [9.17, 15) is 4.79 Å². The zero-order chi connectivity index (χ0) is 11.2. The van der Waals surface area contributed by atoms with E-state index in [4.69, 9.17) is 11.6 Å². The third-order valence-corrected chi connectivity index (χ3v) is 3.11. The van der Waals surface area contributed by atoms with E-state index in [0.717, 1.165) is 22.2 Å². The normalized spacial score (nSPS) is 10.9. The molecule has 0 saturated carbocycles. The van der Waals surface area contributed by atoms with E-state index < -0.39 is 0 Å². The van der Waals surface area contributed by atoms with Gasteiger partial charge in [-0.25, -0.2) is 0 Å². The molecule has 0 spiro atoms. The Morgan fingerprint density at radius 2 is 2.07 bits per heavy atom. The molecule has 0 aliphatic heterocycles. The number of fused-ring (bicyclic) bond motifs is 1. The van der Waals surface area contributed by atoms with Crippen molar-refractivity contribution < 1.29 is 4.79 Å². The quantitative estimate of drug-likeness (QED) is 0.677. The number of aromatic nitrogens is 1. The van der Waals surface area contributed by atoms with E-state index in [2.05, 4.69) is 0 Å². The van der Waals surface area contributed by atoms with Gasteiger partial charge < -0.3 is 4.57 Å². The maximum absolute atomic E-state index is 11.5. The number of hydrogen-bond acceptors (Lipinski definition) is 1. The van der Waals surface area contributed by atoms with E-state index in [-0.39, 0.29) is 5.78 Å². The average molecular weight is 222 g/mol. The van der Waals surface area contributed by atoms with E-state index in [0.29, 0.717) is 5.02 Å². The molecule has 0 N–H and O–H groups in total. The summed E-state index contributed by atoms with van der Waals surface area (Å²) >= 11 is 6.12. The highest BCUT2D eigenvalue weighted by Crippen LogP contribution is 2.30. The van der Waals surface area contributed by atoms with Crippen molar-refractivity contribution in [3.8, 4) is 0 Å². The van der Waals surface area contributed by atoms with Crippen LogP contribution >= 0.6 is 11.6 Å². The van der Waals surface area contributed by atoms with E-state index >= 15 is 0 Å². The van der Waals surface area contributed by atoms with Crippen LogP contribution in [0.3, 0.4) is 0 Å². The number of carbonyl (C=O) groups excluding carboxylic acids is 1. The van der Waals surface area contributed by atoms with Crippen molar-refractivity contribution in [1.82, 2.24) is 4.57 Å². The van der Waals surface area contributed by atoms with E-state index in [1.165, 1.54) is 0 Å². The Morgan fingerprint density at radius 3 is 2.67 bits per heavy atom. The third kappa shape index (κ3) is 1.37. The van der Waals surface area contributed by atoms with Gasteiger partial charge in [0.15, 0.2) is 5.78 Å². The first-order valence-electron chi connectivity index (χ1n) is 4.78. The molecule has 2 rings (SSSR count). The Bertz CT molecular complexity index is 554. The summed E-state index contributed by atoms with van der Waals surface area (Å²) in [5, 5.41) is 1.63. The fourth-order valence-electron chi connectivity index (χ4n) is 2.03. The summed E-state index contributed by atoms with van der Waals surface area (Å²) in [5.41, 5.74) is 2.67. The molecule has 0 aliphatic rings. The van der Waals surface area contributed by atoms with Crippen LogP contribution in [0.4, 0.5) is 0 Å². The second kappa shape index (κ2) is 3.38. The topological polar surface area (TPSA) is 22.0 Å². The van der Waals surface area contributed by atoms with Crippen molar-refractivity contribution in [1.29, 1.82) is 0 Å². The van der Waals surface area contributed by atoms with Crippen LogP contribution in [-0.4, -0.2) is 10.4 Å². The van der Waals surface area contributed by atoms with Crippen molar-refractivity contribution in [2.24, 2.45) is 7.05 Å². The van der Waals surface area contributed by atoms with Gasteiger partial charge in [-0.1, -0.05) is 23.7 Å². The Balaban J connectivity index is 3.00. The second-order valence-electron chi connectivity index (χ2n) is 3.71. The van der Waals surface area contributed by atoms with Gasteiger partial charge >= 0.3 is 0 Å². The van der Waals surface area contributed by atoms with Crippen molar-refractivity contribution in [2.45, 2.75) is 13.8 Å². The molecule has 1 aromatic heterocycles. The Morgan fingerprint density at radius 1 is 1.40 bits per heavy atom. The highest BCUT2D eigenvalue weighted by Gasteiger charge is 2.16. The molecule has 1 heterocycles. The molecular weight excluding hydrogens is 210 g/mol. The Kier molecular flexibility index (Phi) is 2.31. The molecule has 0 saturated heterocycles. The predicted octanol–water partition coefficient (Wildman–Crippen LogP) is 3.34. The lowest BCUT2D eigenvalue weighted by atomic mass is 10.1. The lowest BCUT2D eigenvalue weighted by Gasteiger charge is -1.99. The van der Waals surface area contributed by atoms with Crippen LogP contribution in [0.5, 0.6) is 0 Å². The molecule has 0 bridgehead atoms. The number of halogens is 1. The lowest BCUT2D eigenvalue weighted by Crippen LogP contribution is -1.96. The molecular formula is C12H12ClNO. The zero-order valence-electron chi connectivity index (χ0n) is 8.97. The van der Waals surface area contributed by atoms with Gasteiger partial charge in [-0.2, -0.15) is 0 Å². The van der Waals surface area contributed by atoms with E-state index in [1.54, 1.807) is 6.92 Å². The monoisotopic (exact) mass is 221 g/mol. The molecule has 0 atom stereocenters. The number of aryl methyl sites for hydroxylation is 1. The highest BCUT2D eigenvalue weighted by atomic mass is 35.5. The predicted molar refractivity (Wildman–Crippen MR) is 62.7 cm³/mol. The van der Waals surface area contributed by atoms with Crippen LogP contribution in [-0.2, 0) is 7.05 Å². The molecule has 0 radical (unpaired) electrons. The number of nitrogens with zero attached hydrogens (tertiary/aromatic N) is 1. The first kappa shape index (κ1) is 10.2. The number of para-hydroxylation sites is 1. The van der Waals surface area contributed by atoms with E-state index in [1.807, 2.05) is 36.7 Å². The standard InChI is InChI=1S/C12H12ClNO/c1-7-11(8(2)15)9-5-4-6-10(13)12(9)14(7)3/h4-6H,1-3H3. The SMILES string of the molecule is CC(=O)c1c(C)n(C)c2c(Cl)cccc12. The molecule has 1 aromatic carbocycles. The lowest BCUT2D eigenvalue weighted by molar-refractivity contribution is 0.101. The summed E-state index contributed by atoms with van der Waals surface area (Å²) in [5.74, 6) is 0.0837. The van der Waals surface area contributed by atoms with Gasteiger partial charge in [0.05, 0.1) is 10.5 Å². The van der Waals surface area contributed by atoms with Crippen LogP contribution in [0.15, 0.2) is 18.2 Å². The maximum atomic E-state index is 11.5. The molecule has 3 heteroatoms. The van der Waals surface area contributed by atoms with Gasteiger partial charge in [0, 0.05) is 23.7 Å². The first-order chi connectivity index (χ1) is 7.04. The average Bonchev–Trinajstić information content (AvgIpc) is 2.41. The molecule has 0 aliphatic carbocycles. The zero-order valence-corrected chi connectivity index (χ0v) is 9.72. The summed E-state index contributed by atoms with van der Waals surface area (Å²) in [6.07, 6.45) is 0. The first-order valence-corrected chi connectivity index (χ1v) is 5.16. The molecule has 0 fully saturated rings. The summed E-state index contributed by atoms with van der Waals surface area (Å²) in [6.45, 7) is 3.52. The summed E-state index contributed by atoms with van der Waals surface area (Å²) in [4.78, 5) is 11.5. The number of Topliss-reactive ketones (excluding diaryl/α,β-unsaturated/α-hetero) is 1. The van der Waals surface area contributed by atoms with Crippen molar-refractivity contribution in [3.63, 3.8) is 0 Å². The number of benzene rings is 1. The minimum Gasteiger partial charge on any atom is -0.346 e. The smallest absolute Gasteiger partial charge is 0.162 e. The number of hydrogen-bond donors (Lipinski definition) is 0. The number of rotatable bonds is 1. The van der Waals surface area contributed by atoms with Crippen LogP contribution in [0.1, 0.15) is 23.0 Å². The number of ketones is 1. The minimum atomic E-state index is 0.0837. The molecule has 15 heavy (non-hydrogen) atoms. The summed E-state index contributed by atoms with van der Waals surface area (Å²) in [6, 6.07) is 5.65. The fourth-order valence-corrected chi connectivity index (χ4v) is 2.33. The highest BCUT2D eigenvalue weighted by molar-refractivity contribution is 6.35.